The lowest BCUT2D eigenvalue weighted by atomic mass is 9.87. The van der Waals surface area contributed by atoms with Crippen molar-refractivity contribution in [2.75, 3.05) is 0 Å². The van der Waals surface area contributed by atoms with Crippen molar-refractivity contribution >= 4 is 10.9 Å². The molecule has 0 fully saturated rings. The highest BCUT2D eigenvalue weighted by Crippen LogP contribution is 2.30. The maximum Gasteiger partial charge on any atom is 0.0929 e. The molecule has 0 spiro atoms. The van der Waals surface area contributed by atoms with E-state index >= 15 is 0 Å². The molecule has 1 heterocycles. The van der Waals surface area contributed by atoms with Crippen molar-refractivity contribution in [1.29, 1.82) is 0 Å². The van der Waals surface area contributed by atoms with Gasteiger partial charge in [-0.3, -0.25) is 4.98 Å². The molecule has 0 radical (unpaired) electrons. The number of aliphatic hydroxyl groups is 1. The van der Waals surface area contributed by atoms with Gasteiger partial charge in [-0.25, -0.2) is 0 Å². The van der Waals surface area contributed by atoms with E-state index in [0.29, 0.717) is 6.42 Å². The van der Waals surface area contributed by atoms with Gasteiger partial charge in [0.15, 0.2) is 0 Å². The molecule has 3 rings (SSSR count). The van der Waals surface area contributed by atoms with Crippen LogP contribution >= 0.6 is 0 Å². The first-order valence-corrected chi connectivity index (χ1v) is 6.77. The minimum Gasteiger partial charge on any atom is -0.385 e. The largest absolute Gasteiger partial charge is 0.385 e. The Labute approximate surface area is 118 Å². The molecule has 2 aromatic carbocycles. The quantitative estimate of drug-likeness (QED) is 0.782. The lowest BCUT2D eigenvalue weighted by molar-refractivity contribution is 0.0590. The van der Waals surface area contributed by atoms with Gasteiger partial charge in [0.25, 0.3) is 0 Å². The maximum absolute atomic E-state index is 10.9. The molecule has 1 unspecified atom stereocenters. The topological polar surface area (TPSA) is 33.1 Å². The Kier molecular flexibility index (Phi) is 3.25. The van der Waals surface area contributed by atoms with Gasteiger partial charge in [0.1, 0.15) is 0 Å². The first kappa shape index (κ1) is 12.8. The van der Waals surface area contributed by atoms with Crippen molar-refractivity contribution in [3.05, 3.63) is 78.0 Å². The van der Waals surface area contributed by atoms with Gasteiger partial charge in [0, 0.05) is 23.6 Å². The first-order valence-electron chi connectivity index (χ1n) is 6.77. The monoisotopic (exact) mass is 263 g/mol. The van der Waals surface area contributed by atoms with Gasteiger partial charge in [-0.15, -0.1) is 0 Å². The average molecular weight is 263 g/mol. The third-order valence-corrected chi connectivity index (χ3v) is 3.60. The van der Waals surface area contributed by atoms with Crippen LogP contribution in [0, 0.1) is 0 Å². The van der Waals surface area contributed by atoms with E-state index in [0.717, 1.165) is 22.0 Å². The lowest BCUT2D eigenvalue weighted by Crippen LogP contribution is -2.24. The standard InChI is InChI=1S/C18H17NO/c1-18(20,13-14-7-3-2-4-8-14)16-11-5-9-15-10-6-12-19-17(15)16/h2-12,20H,13H2,1H3. The SMILES string of the molecule is CC(O)(Cc1ccccc1)c1cccc2cccnc12. The molecule has 0 aliphatic rings. The number of pyridine rings is 1. The van der Waals surface area contributed by atoms with Gasteiger partial charge in [-0.1, -0.05) is 54.6 Å². The van der Waals surface area contributed by atoms with Crippen LogP contribution in [0.5, 0.6) is 0 Å². The Morgan fingerprint density at radius 2 is 1.70 bits per heavy atom. The summed E-state index contributed by atoms with van der Waals surface area (Å²) in [6.07, 6.45) is 2.34. The highest BCUT2D eigenvalue weighted by Gasteiger charge is 2.26. The van der Waals surface area contributed by atoms with Crippen LogP contribution in [0.15, 0.2) is 66.9 Å². The third kappa shape index (κ3) is 2.43. The summed E-state index contributed by atoms with van der Waals surface area (Å²) in [5.41, 5.74) is 1.93. The predicted octanol–water partition coefficient (Wildman–Crippen LogP) is 3.69. The van der Waals surface area contributed by atoms with Crippen molar-refractivity contribution in [2.24, 2.45) is 0 Å². The molecule has 2 heteroatoms. The van der Waals surface area contributed by atoms with Crippen molar-refractivity contribution in [3.63, 3.8) is 0 Å². The summed E-state index contributed by atoms with van der Waals surface area (Å²) < 4.78 is 0. The van der Waals surface area contributed by atoms with Gasteiger partial charge < -0.3 is 5.11 Å². The van der Waals surface area contributed by atoms with E-state index in [9.17, 15) is 5.11 Å². The molecule has 0 aliphatic heterocycles. The number of fused-ring (bicyclic) bond motifs is 1. The van der Waals surface area contributed by atoms with Crippen LogP contribution in [0.4, 0.5) is 0 Å². The van der Waals surface area contributed by atoms with Crippen LogP contribution in [0.25, 0.3) is 10.9 Å². The Morgan fingerprint density at radius 1 is 0.950 bits per heavy atom. The fourth-order valence-electron chi connectivity index (χ4n) is 2.63. The summed E-state index contributed by atoms with van der Waals surface area (Å²) in [5, 5.41) is 12.0. The van der Waals surface area contributed by atoms with Gasteiger partial charge in [0.2, 0.25) is 0 Å². The number of benzene rings is 2. The average Bonchev–Trinajstić information content (AvgIpc) is 2.47. The van der Waals surface area contributed by atoms with Crippen molar-refractivity contribution < 1.29 is 5.11 Å². The minimum atomic E-state index is -0.935. The van der Waals surface area contributed by atoms with Gasteiger partial charge in [0.05, 0.1) is 11.1 Å². The van der Waals surface area contributed by atoms with Crippen LogP contribution in [0.2, 0.25) is 0 Å². The summed E-state index contributed by atoms with van der Waals surface area (Å²) >= 11 is 0. The Morgan fingerprint density at radius 3 is 2.50 bits per heavy atom. The van der Waals surface area contributed by atoms with Gasteiger partial charge >= 0.3 is 0 Å². The molecule has 2 nitrogen and oxygen atoms in total. The van der Waals surface area contributed by atoms with E-state index in [1.165, 1.54) is 0 Å². The number of nitrogens with zero attached hydrogens (tertiary/aromatic N) is 1. The molecule has 0 bridgehead atoms. The summed E-state index contributed by atoms with van der Waals surface area (Å²) in [6, 6.07) is 19.9. The predicted molar refractivity (Wildman–Crippen MR) is 81.5 cm³/mol. The Bertz CT molecular complexity index is 714. The number of hydrogen-bond donors (Lipinski definition) is 1. The van der Waals surface area contributed by atoms with E-state index in [2.05, 4.69) is 4.98 Å². The molecule has 3 aromatic rings. The van der Waals surface area contributed by atoms with Crippen LogP contribution in [-0.2, 0) is 12.0 Å². The van der Waals surface area contributed by atoms with E-state index in [-0.39, 0.29) is 0 Å². The van der Waals surface area contributed by atoms with Crippen LogP contribution < -0.4 is 0 Å². The molecular weight excluding hydrogens is 246 g/mol. The second-order valence-corrected chi connectivity index (χ2v) is 5.32. The van der Waals surface area contributed by atoms with Crippen molar-refractivity contribution in [3.8, 4) is 0 Å². The van der Waals surface area contributed by atoms with Crippen molar-refractivity contribution in [2.45, 2.75) is 18.9 Å². The summed E-state index contributed by atoms with van der Waals surface area (Å²) in [7, 11) is 0. The molecule has 0 aliphatic carbocycles. The summed E-state index contributed by atoms with van der Waals surface area (Å²) in [6.45, 7) is 1.85. The number of para-hydroxylation sites is 1. The zero-order valence-electron chi connectivity index (χ0n) is 11.5. The summed E-state index contributed by atoms with van der Waals surface area (Å²) in [4.78, 5) is 4.43. The Hall–Kier alpha value is -2.19. The molecule has 0 amide bonds. The van der Waals surface area contributed by atoms with E-state index < -0.39 is 5.60 Å². The fourth-order valence-corrected chi connectivity index (χ4v) is 2.63. The van der Waals surface area contributed by atoms with Gasteiger partial charge in [-0.05, 0) is 18.6 Å². The normalized spacial score (nSPS) is 14.1. The second kappa shape index (κ2) is 5.06. The minimum absolute atomic E-state index is 0.573. The highest BCUT2D eigenvalue weighted by atomic mass is 16.3. The Balaban J connectivity index is 2.05. The molecule has 1 aromatic heterocycles. The molecule has 100 valence electrons. The highest BCUT2D eigenvalue weighted by molar-refractivity contribution is 5.82. The van der Waals surface area contributed by atoms with Crippen LogP contribution in [-0.4, -0.2) is 10.1 Å². The second-order valence-electron chi connectivity index (χ2n) is 5.32. The molecule has 20 heavy (non-hydrogen) atoms. The fraction of sp³-hybridized carbons (Fsp3) is 0.167. The molecule has 1 N–H and O–H groups in total. The first-order chi connectivity index (χ1) is 9.67. The lowest BCUT2D eigenvalue weighted by Gasteiger charge is -2.25. The third-order valence-electron chi connectivity index (χ3n) is 3.60. The number of aromatic nitrogens is 1. The van der Waals surface area contributed by atoms with Crippen molar-refractivity contribution in [1.82, 2.24) is 4.98 Å². The van der Waals surface area contributed by atoms with E-state index in [4.69, 9.17) is 0 Å². The van der Waals surface area contributed by atoms with Gasteiger partial charge in [-0.2, -0.15) is 0 Å². The van der Waals surface area contributed by atoms with Crippen LogP contribution in [0.3, 0.4) is 0 Å². The number of hydrogen-bond acceptors (Lipinski definition) is 2. The van der Waals surface area contributed by atoms with E-state index in [1.807, 2.05) is 67.6 Å². The molecule has 0 saturated heterocycles. The number of rotatable bonds is 3. The molecule has 0 saturated carbocycles. The maximum atomic E-state index is 10.9. The zero-order valence-corrected chi connectivity index (χ0v) is 11.5. The molecule has 1 atom stereocenters. The summed E-state index contributed by atoms with van der Waals surface area (Å²) in [5.74, 6) is 0. The smallest absolute Gasteiger partial charge is 0.0929 e. The van der Waals surface area contributed by atoms with E-state index in [1.54, 1.807) is 6.20 Å². The zero-order chi connectivity index (χ0) is 14.0. The molecular formula is C18H17NO. The van der Waals surface area contributed by atoms with Crippen LogP contribution in [0.1, 0.15) is 18.1 Å².